The molecule has 0 aromatic heterocycles. The highest BCUT2D eigenvalue weighted by molar-refractivity contribution is 5.91. The molecule has 1 atom stereocenters. The van der Waals surface area contributed by atoms with Crippen LogP contribution in [-0.4, -0.2) is 5.91 Å². The third-order valence-corrected chi connectivity index (χ3v) is 4.74. The quantitative estimate of drug-likeness (QED) is 0.809. The first-order valence-corrected chi connectivity index (χ1v) is 8.79. The molecule has 1 aliphatic carbocycles. The van der Waals surface area contributed by atoms with E-state index in [1.165, 1.54) is 41.5 Å². The number of hydrogen-bond acceptors (Lipinski definition) is 1. The van der Waals surface area contributed by atoms with Gasteiger partial charge in [-0.3, -0.25) is 4.79 Å². The fourth-order valence-corrected chi connectivity index (χ4v) is 3.22. The van der Waals surface area contributed by atoms with Crippen LogP contribution in [0.15, 0.2) is 48.5 Å². The number of amides is 1. The van der Waals surface area contributed by atoms with Crippen LogP contribution in [0.5, 0.6) is 0 Å². The molecule has 24 heavy (non-hydrogen) atoms. The van der Waals surface area contributed by atoms with Gasteiger partial charge >= 0.3 is 0 Å². The smallest absolute Gasteiger partial charge is 0.244 e. The van der Waals surface area contributed by atoms with E-state index in [1.54, 1.807) is 6.08 Å². The summed E-state index contributed by atoms with van der Waals surface area (Å²) in [6.45, 7) is 4.10. The fraction of sp³-hybridized carbons (Fsp3) is 0.318. The SMILES string of the molecule is Cc1ccc(/C=C/C(=O)N[C@H](C)c2ccc3c(c2)CCCC3)cc1. The molecule has 0 saturated heterocycles. The predicted octanol–water partition coefficient (Wildman–Crippen LogP) is 4.76. The average Bonchev–Trinajstić information content (AvgIpc) is 2.61. The van der Waals surface area contributed by atoms with Crippen molar-refractivity contribution in [2.45, 2.75) is 45.6 Å². The van der Waals surface area contributed by atoms with Crippen LogP contribution in [0.4, 0.5) is 0 Å². The second-order valence-electron chi connectivity index (χ2n) is 6.71. The van der Waals surface area contributed by atoms with E-state index in [0.717, 1.165) is 12.0 Å². The highest BCUT2D eigenvalue weighted by atomic mass is 16.1. The Labute approximate surface area is 144 Å². The molecule has 0 spiro atoms. The van der Waals surface area contributed by atoms with Crippen molar-refractivity contribution < 1.29 is 4.79 Å². The number of aryl methyl sites for hydroxylation is 3. The van der Waals surface area contributed by atoms with Crippen LogP contribution < -0.4 is 5.32 Å². The van der Waals surface area contributed by atoms with Gasteiger partial charge in [0, 0.05) is 6.08 Å². The zero-order valence-electron chi connectivity index (χ0n) is 14.5. The summed E-state index contributed by atoms with van der Waals surface area (Å²) in [5, 5.41) is 3.06. The largest absolute Gasteiger partial charge is 0.346 e. The Morgan fingerprint density at radius 1 is 1.04 bits per heavy atom. The molecule has 0 fully saturated rings. The van der Waals surface area contributed by atoms with Gasteiger partial charge in [0.15, 0.2) is 0 Å². The number of carbonyl (C=O) groups excluding carboxylic acids is 1. The Morgan fingerprint density at radius 3 is 2.50 bits per heavy atom. The van der Waals surface area contributed by atoms with E-state index in [-0.39, 0.29) is 11.9 Å². The lowest BCUT2D eigenvalue weighted by atomic mass is 9.89. The average molecular weight is 319 g/mol. The Kier molecular flexibility index (Phi) is 5.14. The number of hydrogen-bond donors (Lipinski definition) is 1. The van der Waals surface area contributed by atoms with E-state index in [1.807, 2.05) is 37.3 Å². The number of carbonyl (C=O) groups is 1. The Bertz CT molecular complexity index is 743. The monoisotopic (exact) mass is 319 g/mol. The van der Waals surface area contributed by atoms with Crippen LogP contribution >= 0.6 is 0 Å². The minimum atomic E-state index is -0.0548. The summed E-state index contributed by atoms with van der Waals surface area (Å²) in [5.74, 6) is -0.0548. The van der Waals surface area contributed by atoms with E-state index < -0.39 is 0 Å². The Hall–Kier alpha value is -2.35. The summed E-state index contributed by atoms with van der Waals surface area (Å²) in [6, 6.07) is 14.8. The lowest BCUT2D eigenvalue weighted by molar-refractivity contribution is -0.117. The second-order valence-corrected chi connectivity index (χ2v) is 6.71. The molecular formula is C22H25NO. The van der Waals surface area contributed by atoms with Gasteiger partial charge in [-0.15, -0.1) is 0 Å². The molecule has 0 heterocycles. The number of nitrogens with one attached hydrogen (secondary N) is 1. The van der Waals surface area contributed by atoms with Gasteiger partial charge in [0.05, 0.1) is 6.04 Å². The summed E-state index contributed by atoms with van der Waals surface area (Å²) in [6.07, 6.45) is 8.39. The summed E-state index contributed by atoms with van der Waals surface area (Å²) in [7, 11) is 0. The van der Waals surface area contributed by atoms with Crippen LogP contribution in [-0.2, 0) is 17.6 Å². The minimum Gasteiger partial charge on any atom is -0.346 e. The summed E-state index contributed by atoms with van der Waals surface area (Å²) in [5.41, 5.74) is 6.38. The normalized spacial score (nSPS) is 15.1. The maximum Gasteiger partial charge on any atom is 0.244 e. The van der Waals surface area contributed by atoms with Gasteiger partial charge in [-0.2, -0.15) is 0 Å². The molecule has 1 N–H and O–H groups in total. The fourth-order valence-electron chi connectivity index (χ4n) is 3.22. The minimum absolute atomic E-state index is 0.0207. The van der Waals surface area contributed by atoms with Crippen LogP contribution in [0, 0.1) is 6.92 Å². The highest BCUT2D eigenvalue weighted by Crippen LogP contribution is 2.24. The first-order chi connectivity index (χ1) is 11.6. The Morgan fingerprint density at radius 2 is 1.75 bits per heavy atom. The van der Waals surface area contributed by atoms with E-state index in [2.05, 4.69) is 30.4 Å². The standard InChI is InChI=1S/C22H25NO/c1-16-7-9-18(10-8-16)11-14-22(24)23-17(2)20-13-12-19-5-3-4-6-21(19)15-20/h7-15,17H,3-6H2,1-2H3,(H,23,24)/b14-11+/t17-/m1/s1. The van der Waals surface area contributed by atoms with Gasteiger partial charge in [-0.25, -0.2) is 0 Å². The molecule has 0 aliphatic heterocycles. The molecule has 1 aliphatic rings. The van der Waals surface area contributed by atoms with Gasteiger partial charge in [0.2, 0.25) is 5.91 Å². The van der Waals surface area contributed by atoms with Crippen molar-refractivity contribution in [3.8, 4) is 0 Å². The van der Waals surface area contributed by atoms with Crippen LogP contribution in [0.25, 0.3) is 6.08 Å². The second kappa shape index (κ2) is 7.48. The molecule has 1 amide bonds. The van der Waals surface area contributed by atoms with E-state index in [9.17, 15) is 4.79 Å². The summed E-state index contributed by atoms with van der Waals surface area (Å²) >= 11 is 0. The van der Waals surface area contributed by atoms with Gasteiger partial charge in [0.1, 0.15) is 0 Å². The summed E-state index contributed by atoms with van der Waals surface area (Å²) in [4.78, 5) is 12.2. The molecule has 3 rings (SSSR count). The molecular weight excluding hydrogens is 294 g/mol. The molecule has 2 heteroatoms. The van der Waals surface area contributed by atoms with E-state index >= 15 is 0 Å². The molecule has 0 unspecified atom stereocenters. The van der Waals surface area contributed by atoms with E-state index in [0.29, 0.717) is 0 Å². The van der Waals surface area contributed by atoms with Crippen molar-refractivity contribution in [2.24, 2.45) is 0 Å². The van der Waals surface area contributed by atoms with Crippen LogP contribution in [0.1, 0.15) is 53.6 Å². The Balaban J connectivity index is 1.62. The van der Waals surface area contributed by atoms with Crippen molar-refractivity contribution in [3.05, 3.63) is 76.4 Å². The van der Waals surface area contributed by atoms with Gasteiger partial charge in [0.25, 0.3) is 0 Å². The first-order valence-electron chi connectivity index (χ1n) is 8.79. The maximum atomic E-state index is 12.2. The van der Waals surface area contributed by atoms with Crippen molar-refractivity contribution in [3.63, 3.8) is 0 Å². The van der Waals surface area contributed by atoms with E-state index in [4.69, 9.17) is 0 Å². The third-order valence-electron chi connectivity index (χ3n) is 4.74. The predicted molar refractivity (Wildman–Crippen MR) is 99.9 cm³/mol. The molecule has 2 aromatic carbocycles. The van der Waals surface area contributed by atoms with Gasteiger partial charge in [-0.05, 0) is 67.9 Å². The molecule has 2 nitrogen and oxygen atoms in total. The van der Waals surface area contributed by atoms with Crippen molar-refractivity contribution >= 4 is 12.0 Å². The molecule has 0 radical (unpaired) electrons. The zero-order valence-corrected chi connectivity index (χ0v) is 14.5. The molecule has 124 valence electrons. The number of rotatable bonds is 4. The highest BCUT2D eigenvalue weighted by Gasteiger charge is 2.13. The van der Waals surface area contributed by atoms with Crippen molar-refractivity contribution in [1.82, 2.24) is 5.32 Å². The van der Waals surface area contributed by atoms with Crippen molar-refractivity contribution in [1.29, 1.82) is 0 Å². The topological polar surface area (TPSA) is 29.1 Å². The number of fused-ring (bicyclic) bond motifs is 1. The third kappa shape index (κ3) is 4.14. The lowest BCUT2D eigenvalue weighted by Gasteiger charge is -2.19. The first kappa shape index (κ1) is 16.5. The maximum absolute atomic E-state index is 12.2. The number of benzene rings is 2. The molecule has 0 saturated carbocycles. The molecule has 2 aromatic rings. The lowest BCUT2D eigenvalue weighted by Crippen LogP contribution is -2.24. The summed E-state index contributed by atoms with van der Waals surface area (Å²) < 4.78 is 0. The van der Waals surface area contributed by atoms with Crippen LogP contribution in [0.3, 0.4) is 0 Å². The van der Waals surface area contributed by atoms with Gasteiger partial charge < -0.3 is 5.32 Å². The van der Waals surface area contributed by atoms with Crippen molar-refractivity contribution in [2.75, 3.05) is 0 Å². The van der Waals surface area contributed by atoms with Crippen LogP contribution in [0.2, 0.25) is 0 Å². The molecule has 0 bridgehead atoms. The van der Waals surface area contributed by atoms with Gasteiger partial charge in [-0.1, -0.05) is 48.0 Å². The zero-order chi connectivity index (χ0) is 16.9.